The predicted molar refractivity (Wildman–Crippen MR) is 92.7 cm³/mol. The van der Waals surface area contributed by atoms with Gasteiger partial charge in [-0.3, -0.25) is 14.3 Å². The summed E-state index contributed by atoms with van der Waals surface area (Å²) in [6.07, 6.45) is 2.46. The highest BCUT2D eigenvalue weighted by Gasteiger charge is 2.28. The average molecular weight is 369 g/mol. The molecule has 0 N–H and O–H groups in total. The summed E-state index contributed by atoms with van der Waals surface area (Å²) < 4.78 is 17.8. The van der Waals surface area contributed by atoms with Crippen molar-refractivity contribution in [2.24, 2.45) is 5.92 Å². The largest absolute Gasteiger partial charge is 0.444 e. The Kier molecular flexibility index (Phi) is 6.10. The molecule has 1 fully saturated rings. The number of ether oxygens (including phenoxy) is 1. The Labute approximate surface area is 149 Å². The standard InChI is InChI=1S/C16H23N3O5S/c1-16(2,3)24-15(20)18-8-4-5-12(10-18)11-25(23)14-7-6-13(9-17-14)19(21)22/h6-7,9,12H,4-5,8,10-11H2,1-3H3/t12-,25+/m1/s1. The third-order valence-electron chi connectivity index (χ3n) is 3.72. The number of piperidine rings is 1. The minimum Gasteiger partial charge on any atom is -0.444 e. The van der Waals surface area contributed by atoms with E-state index in [9.17, 15) is 19.1 Å². The number of nitro groups is 1. The number of hydrogen-bond donors (Lipinski definition) is 0. The lowest BCUT2D eigenvalue weighted by Gasteiger charge is -2.33. The Morgan fingerprint density at radius 3 is 2.76 bits per heavy atom. The number of pyridine rings is 1. The molecule has 138 valence electrons. The van der Waals surface area contributed by atoms with Gasteiger partial charge in [0.15, 0.2) is 0 Å². The van der Waals surface area contributed by atoms with Gasteiger partial charge in [-0.1, -0.05) is 0 Å². The van der Waals surface area contributed by atoms with Crippen LogP contribution in [0.5, 0.6) is 0 Å². The molecule has 9 heteroatoms. The maximum absolute atomic E-state index is 12.4. The normalized spacial score (nSPS) is 19.3. The summed E-state index contributed by atoms with van der Waals surface area (Å²) in [4.78, 5) is 27.8. The number of likely N-dealkylation sites (tertiary alicyclic amines) is 1. The van der Waals surface area contributed by atoms with Crippen LogP contribution in [0.3, 0.4) is 0 Å². The molecule has 1 amide bonds. The summed E-state index contributed by atoms with van der Waals surface area (Å²) in [7, 11) is -1.36. The summed E-state index contributed by atoms with van der Waals surface area (Å²) >= 11 is 0. The van der Waals surface area contributed by atoms with Crippen molar-refractivity contribution >= 4 is 22.6 Å². The molecule has 0 spiro atoms. The van der Waals surface area contributed by atoms with Crippen LogP contribution in [0, 0.1) is 16.0 Å². The number of amides is 1. The smallest absolute Gasteiger partial charge is 0.410 e. The van der Waals surface area contributed by atoms with E-state index in [0.717, 1.165) is 19.0 Å². The van der Waals surface area contributed by atoms with Gasteiger partial charge >= 0.3 is 6.09 Å². The second kappa shape index (κ2) is 7.90. The molecule has 1 aromatic heterocycles. The monoisotopic (exact) mass is 369 g/mol. The van der Waals surface area contributed by atoms with Crippen LogP contribution < -0.4 is 0 Å². The number of aromatic nitrogens is 1. The van der Waals surface area contributed by atoms with Gasteiger partial charge in [-0.25, -0.2) is 9.78 Å². The Morgan fingerprint density at radius 1 is 1.48 bits per heavy atom. The average Bonchev–Trinajstić information content (AvgIpc) is 2.53. The van der Waals surface area contributed by atoms with Gasteiger partial charge in [-0.2, -0.15) is 0 Å². The fraction of sp³-hybridized carbons (Fsp3) is 0.625. The van der Waals surface area contributed by atoms with Crippen molar-refractivity contribution in [3.05, 3.63) is 28.4 Å². The number of carbonyl (C=O) groups is 1. The van der Waals surface area contributed by atoms with Gasteiger partial charge in [0, 0.05) is 24.9 Å². The molecule has 2 heterocycles. The van der Waals surface area contributed by atoms with Crippen molar-refractivity contribution in [3.8, 4) is 0 Å². The summed E-state index contributed by atoms with van der Waals surface area (Å²) in [5.41, 5.74) is -0.676. The molecular weight excluding hydrogens is 346 g/mol. The zero-order valence-corrected chi connectivity index (χ0v) is 15.5. The van der Waals surface area contributed by atoms with E-state index in [1.54, 1.807) is 4.90 Å². The summed E-state index contributed by atoms with van der Waals surface area (Å²) in [6, 6.07) is 2.72. The Bertz CT molecular complexity index is 657. The molecule has 1 aromatic rings. The third-order valence-corrected chi connectivity index (χ3v) is 5.20. The van der Waals surface area contributed by atoms with Crippen LogP contribution in [-0.2, 0) is 15.5 Å². The van der Waals surface area contributed by atoms with Crippen molar-refractivity contribution in [2.75, 3.05) is 18.8 Å². The SMILES string of the molecule is CC(C)(C)OC(=O)N1CCC[C@@H](C[S@](=O)c2ccc([N+](=O)[O-])cn2)C1. The molecule has 0 saturated carbocycles. The Hall–Kier alpha value is -2.03. The molecule has 25 heavy (non-hydrogen) atoms. The molecule has 8 nitrogen and oxygen atoms in total. The molecular formula is C16H23N3O5S. The van der Waals surface area contributed by atoms with Crippen LogP contribution >= 0.6 is 0 Å². The first-order chi connectivity index (χ1) is 11.7. The summed E-state index contributed by atoms with van der Waals surface area (Å²) in [5.74, 6) is 0.448. The van der Waals surface area contributed by atoms with Crippen LogP contribution in [0.15, 0.2) is 23.4 Å². The van der Waals surface area contributed by atoms with Gasteiger partial charge in [0.1, 0.15) is 16.8 Å². The number of carbonyl (C=O) groups excluding carboxylic acids is 1. The molecule has 0 unspecified atom stereocenters. The van der Waals surface area contributed by atoms with Crippen molar-refractivity contribution in [1.82, 2.24) is 9.88 Å². The summed E-state index contributed by atoms with van der Waals surface area (Å²) in [5, 5.41) is 11.0. The lowest BCUT2D eigenvalue weighted by atomic mass is 10.0. The van der Waals surface area contributed by atoms with Crippen LogP contribution in [0.1, 0.15) is 33.6 Å². The van der Waals surface area contributed by atoms with E-state index in [1.165, 1.54) is 12.1 Å². The Morgan fingerprint density at radius 2 is 2.20 bits per heavy atom. The molecule has 1 saturated heterocycles. The molecule has 1 aliphatic rings. The first-order valence-electron chi connectivity index (χ1n) is 8.12. The molecule has 0 bridgehead atoms. The van der Waals surface area contributed by atoms with Crippen molar-refractivity contribution in [2.45, 2.75) is 44.2 Å². The van der Waals surface area contributed by atoms with Gasteiger partial charge in [0.05, 0.1) is 15.7 Å². The molecule has 0 aromatic carbocycles. The van der Waals surface area contributed by atoms with Gasteiger partial charge in [-0.05, 0) is 45.6 Å². The van der Waals surface area contributed by atoms with E-state index in [2.05, 4.69) is 4.98 Å². The lowest BCUT2D eigenvalue weighted by Crippen LogP contribution is -2.44. The maximum Gasteiger partial charge on any atom is 0.410 e. The number of hydrogen-bond acceptors (Lipinski definition) is 6. The van der Waals surface area contributed by atoms with Crippen LogP contribution in [-0.4, -0.2) is 49.6 Å². The second-order valence-corrected chi connectivity index (χ2v) is 8.50. The zero-order valence-electron chi connectivity index (χ0n) is 14.6. The van der Waals surface area contributed by atoms with Gasteiger partial charge in [0.25, 0.3) is 5.69 Å². The fourth-order valence-electron chi connectivity index (χ4n) is 2.61. The highest BCUT2D eigenvalue weighted by molar-refractivity contribution is 7.84. The molecule has 0 aliphatic carbocycles. The predicted octanol–water partition coefficient (Wildman–Crippen LogP) is 2.74. The quantitative estimate of drug-likeness (QED) is 0.597. The highest BCUT2D eigenvalue weighted by Crippen LogP contribution is 2.22. The molecule has 1 aliphatic heterocycles. The number of rotatable bonds is 4. The first kappa shape index (κ1) is 19.3. The van der Waals surface area contributed by atoms with Gasteiger partial charge in [0.2, 0.25) is 0 Å². The maximum atomic E-state index is 12.4. The van der Waals surface area contributed by atoms with E-state index in [0.29, 0.717) is 23.9 Å². The van der Waals surface area contributed by atoms with Crippen LogP contribution in [0.2, 0.25) is 0 Å². The first-order valence-corrected chi connectivity index (χ1v) is 9.44. The minimum atomic E-state index is -1.36. The minimum absolute atomic E-state index is 0.0825. The molecule has 0 radical (unpaired) electrons. The zero-order chi connectivity index (χ0) is 18.6. The van der Waals surface area contributed by atoms with Crippen molar-refractivity contribution in [1.29, 1.82) is 0 Å². The summed E-state index contributed by atoms with van der Waals surface area (Å²) in [6.45, 7) is 6.59. The van der Waals surface area contributed by atoms with E-state index in [4.69, 9.17) is 4.74 Å². The second-order valence-electron chi connectivity index (χ2n) is 7.06. The topological polar surface area (TPSA) is 103 Å². The van der Waals surface area contributed by atoms with Crippen LogP contribution in [0.25, 0.3) is 0 Å². The Balaban J connectivity index is 1.94. The molecule has 2 atom stereocenters. The number of nitrogens with zero attached hydrogens (tertiary/aromatic N) is 3. The van der Waals surface area contributed by atoms with Gasteiger partial charge in [-0.15, -0.1) is 0 Å². The fourth-order valence-corrected chi connectivity index (χ4v) is 3.87. The third kappa shape index (κ3) is 5.77. The molecule has 2 rings (SSSR count). The van der Waals surface area contributed by atoms with E-state index in [1.807, 2.05) is 20.8 Å². The highest BCUT2D eigenvalue weighted by atomic mass is 32.2. The van der Waals surface area contributed by atoms with E-state index >= 15 is 0 Å². The van der Waals surface area contributed by atoms with E-state index < -0.39 is 21.3 Å². The van der Waals surface area contributed by atoms with Crippen LogP contribution in [0.4, 0.5) is 10.5 Å². The van der Waals surface area contributed by atoms with E-state index in [-0.39, 0.29) is 17.7 Å². The van der Waals surface area contributed by atoms with Crippen molar-refractivity contribution in [3.63, 3.8) is 0 Å². The van der Waals surface area contributed by atoms with Gasteiger partial charge < -0.3 is 9.64 Å². The van der Waals surface area contributed by atoms with Crippen molar-refractivity contribution < 1.29 is 18.7 Å². The lowest BCUT2D eigenvalue weighted by molar-refractivity contribution is -0.385.